The Bertz CT molecular complexity index is 256. The second-order valence-electron chi connectivity index (χ2n) is 2.94. The molecule has 2 nitrogen and oxygen atoms in total. The molecular weight excluding hydrogens is 148 g/mol. The van der Waals surface area contributed by atoms with Gasteiger partial charge in [-0.05, 0) is 32.0 Å². The van der Waals surface area contributed by atoms with E-state index in [2.05, 4.69) is 29.4 Å². The Hall–Kier alpha value is -0.890. The van der Waals surface area contributed by atoms with Gasteiger partial charge in [-0.15, -0.1) is 0 Å². The molecule has 1 aromatic rings. The van der Waals surface area contributed by atoms with Crippen LogP contribution in [0.25, 0.3) is 0 Å². The maximum absolute atomic E-state index is 4.47. The smallest absolute Gasteiger partial charge is 0.0448 e. The summed E-state index contributed by atoms with van der Waals surface area (Å²) in [5.74, 6) is 0. The van der Waals surface area contributed by atoms with Gasteiger partial charge in [0.2, 0.25) is 0 Å². The van der Waals surface area contributed by atoms with Crippen molar-refractivity contribution in [3.8, 4) is 0 Å². The number of nitrogens with zero attached hydrogens (tertiary/aromatic N) is 1. The van der Waals surface area contributed by atoms with Crippen molar-refractivity contribution >= 4 is 0 Å². The monoisotopic (exact) mass is 164 g/mol. The van der Waals surface area contributed by atoms with Crippen molar-refractivity contribution in [2.24, 2.45) is 0 Å². The molecule has 0 aliphatic carbocycles. The molecule has 0 amide bonds. The predicted octanol–water partition coefficient (Wildman–Crippen LogP) is 1.67. The first-order valence-electron chi connectivity index (χ1n) is 4.38. The first-order chi connectivity index (χ1) is 5.77. The van der Waals surface area contributed by atoms with Gasteiger partial charge in [-0.1, -0.05) is 13.0 Å². The Morgan fingerprint density at radius 1 is 1.42 bits per heavy atom. The van der Waals surface area contributed by atoms with Gasteiger partial charge in [0.1, 0.15) is 0 Å². The molecule has 0 saturated carbocycles. The summed E-state index contributed by atoms with van der Waals surface area (Å²) in [5, 5.41) is 3.14. The Morgan fingerprint density at radius 2 is 2.17 bits per heavy atom. The van der Waals surface area contributed by atoms with Gasteiger partial charge in [0.05, 0.1) is 0 Å². The van der Waals surface area contributed by atoms with Gasteiger partial charge in [-0.25, -0.2) is 0 Å². The minimum Gasteiger partial charge on any atom is -0.316 e. The molecule has 1 aromatic heterocycles. The number of hydrogen-bond acceptors (Lipinski definition) is 2. The fraction of sp³-hybridized carbons (Fsp3) is 0.500. The predicted molar refractivity (Wildman–Crippen MR) is 51.1 cm³/mol. The highest BCUT2D eigenvalue weighted by molar-refractivity contribution is 5.22. The van der Waals surface area contributed by atoms with Crippen molar-refractivity contribution < 1.29 is 0 Å². The summed E-state index contributed by atoms with van der Waals surface area (Å²) in [5.41, 5.74) is 3.63. The van der Waals surface area contributed by atoms with E-state index in [0.29, 0.717) is 0 Å². The lowest BCUT2D eigenvalue weighted by molar-refractivity contribution is 0.792. The molecule has 0 atom stereocenters. The number of aromatic nitrogens is 1. The number of aryl methyl sites for hydroxylation is 2. The molecule has 0 fully saturated rings. The standard InChI is InChI=1S/C10H16N2/c1-4-10-9(7-11-3)6-5-8(2)12-10/h5-6,11H,4,7H2,1-3H3. The highest BCUT2D eigenvalue weighted by Crippen LogP contribution is 2.07. The molecule has 1 rings (SSSR count). The second-order valence-corrected chi connectivity index (χ2v) is 2.94. The van der Waals surface area contributed by atoms with E-state index in [0.717, 1.165) is 18.7 Å². The van der Waals surface area contributed by atoms with Crippen LogP contribution in [0.1, 0.15) is 23.9 Å². The highest BCUT2D eigenvalue weighted by Gasteiger charge is 2.00. The Morgan fingerprint density at radius 3 is 2.75 bits per heavy atom. The first kappa shape index (κ1) is 9.20. The largest absolute Gasteiger partial charge is 0.316 e. The molecule has 0 aromatic carbocycles. The van der Waals surface area contributed by atoms with Crippen molar-refractivity contribution in [3.63, 3.8) is 0 Å². The van der Waals surface area contributed by atoms with Crippen LogP contribution in [0.2, 0.25) is 0 Å². The highest BCUT2D eigenvalue weighted by atomic mass is 14.8. The fourth-order valence-corrected chi connectivity index (χ4v) is 1.30. The average molecular weight is 164 g/mol. The van der Waals surface area contributed by atoms with Crippen molar-refractivity contribution in [1.29, 1.82) is 0 Å². The summed E-state index contributed by atoms with van der Waals surface area (Å²) in [6.45, 7) is 5.08. The lowest BCUT2D eigenvalue weighted by atomic mass is 10.1. The average Bonchev–Trinajstić information content (AvgIpc) is 2.08. The minimum atomic E-state index is 0.913. The quantitative estimate of drug-likeness (QED) is 0.735. The van der Waals surface area contributed by atoms with E-state index in [1.54, 1.807) is 0 Å². The van der Waals surface area contributed by atoms with Gasteiger partial charge in [0.15, 0.2) is 0 Å². The van der Waals surface area contributed by atoms with Crippen molar-refractivity contribution in [3.05, 3.63) is 29.1 Å². The van der Waals surface area contributed by atoms with E-state index in [1.165, 1.54) is 11.3 Å². The third-order valence-corrected chi connectivity index (χ3v) is 1.91. The van der Waals surface area contributed by atoms with Crippen LogP contribution < -0.4 is 5.32 Å². The molecule has 0 spiro atoms. The summed E-state index contributed by atoms with van der Waals surface area (Å²) < 4.78 is 0. The molecule has 0 radical (unpaired) electrons. The van der Waals surface area contributed by atoms with E-state index in [-0.39, 0.29) is 0 Å². The Balaban J connectivity index is 2.94. The lowest BCUT2D eigenvalue weighted by Crippen LogP contribution is -2.09. The van der Waals surface area contributed by atoms with Gasteiger partial charge in [-0.3, -0.25) is 4.98 Å². The summed E-state index contributed by atoms with van der Waals surface area (Å²) in [6, 6.07) is 4.21. The van der Waals surface area contributed by atoms with Crippen molar-refractivity contribution in [1.82, 2.24) is 10.3 Å². The van der Waals surface area contributed by atoms with Crippen LogP contribution in [0.5, 0.6) is 0 Å². The first-order valence-corrected chi connectivity index (χ1v) is 4.38. The van der Waals surface area contributed by atoms with Crippen LogP contribution in [0, 0.1) is 6.92 Å². The lowest BCUT2D eigenvalue weighted by Gasteiger charge is -2.06. The zero-order chi connectivity index (χ0) is 8.97. The van der Waals surface area contributed by atoms with E-state index < -0.39 is 0 Å². The van der Waals surface area contributed by atoms with Gasteiger partial charge in [-0.2, -0.15) is 0 Å². The molecule has 0 aliphatic rings. The molecule has 0 saturated heterocycles. The molecular formula is C10H16N2. The van der Waals surface area contributed by atoms with Crippen LogP contribution >= 0.6 is 0 Å². The molecule has 0 unspecified atom stereocenters. The van der Waals surface area contributed by atoms with E-state index in [9.17, 15) is 0 Å². The SMILES string of the molecule is CCc1nc(C)ccc1CNC. The van der Waals surface area contributed by atoms with Crippen LogP contribution in [-0.2, 0) is 13.0 Å². The van der Waals surface area contributed by atoms with Crippen LogP contribution in [-0.4, -0.2) is 12.0 Å². The summed E-state index contributed by atoms with van der Waals surface area (Å²) in [7, 11) is 1.96. The maximum Gasteiger partial charge on any atom is 0.0448 e. The second kappa shape index (κ2) is 4.21. The Kier molecular flexibility index (Phi) is 3.23. The van der Waals surface area contributed by atoms with Crippen LogP contribution in [0.3, 0.4) is 0 Å². The molecule has 1 N–H and O–H groups in total. The maximum atomic E-state index is 4.47. The van der Waals surface area contributed by atoms with Crippen molar-refractivity contribution in [2.75, 3.05) is 7.05 Å². The molecule has 0 aliphatic heterocycles. The van der Waals surface area contributed by atoms with Gasteiger partial charge in [0, 0.05) is 17.9 Å². The molecule has 0 bridgehead atoms. The molecule has 1 heterocycles. The van der Waals surface area contributed by atoms with E-state index in [1.807, 2.05) is 14.0 Å². The molecule has 12 heavy (non-hydrogen) atoms. The summed E-state index contributed by atoms with van der Waals surface area (Å²) >= 11 is 0. The minimum absolute atomic E-state index is 0.913. The van der Waals surface area contributed by atoms with Crippen LogP contribution in [0.15, 0.2) is 12.1 Å². The number of pyridine rings is 1. The zero-order valence-electron chi connectivity index (χ0n) is 8.02. The third kappa shape index (κ3) is 2.05. The summed E-state index contributed by atoms with van der Waals surface area (Å²) in [6.07, 6.45) is 1.01. The third-order valence-electron chi connectivity index (χ3n) is 1.91. The van der Waals surface area contributed by atoms with Gasteiger partial charge in [0.25, 0.3) is 0 Å². The number of hydrogen-bond donors (Lipinski definition) is 1. The molecule has 66 valence electrons. The normalized spacial score (nSPS) is 10.2. The summed E-state index contributed by atoms with van der Waals surface area (Å²) in [4.78, 5) is 4.47. The Labute approximate surface area is 74.0 Å². The fourth-order valence-electron chi connectivity index (χ4n) is 1.30. The number of rotatable bonds is 3. The van der Waals surface area contributed by atoms with Crippen LogP contribution in [0.4, 0.5) is 0 Å². The van der Waals surface area contributed by atoms with E-state index >= 15 is 0 Å². The van der Waals surface area contributed by atoms with Crippen molar-refractivity contribution in [2.45, 2.75) is 26.8 Å². The number of nitrogens with one attached hydrogen (secondary N) is 1. The van der Waals surface area contributed by atoms with Gasteiger partial charge >= 0.3 is 0 Å². The van der Waals surface area contributed by atoms with Gasteiger partial charge < -0.3 is 5.32 Å². The van der Waals surface area contributed by atoms with E-state index in [4.69, 9.17) is 0 Å². The zero-order valence-corrected chi connectivity index (χ0v) is 8.02. The topological polar surface area (TPSA) is 24.9 Å². The molecule has 2 heteroatoms.